The molecule has 1 aromatic carbocycles. The fourth-order valence-electron chi connectivity index (χ4n) is 6.70. The van der Waals surface area contributed by atoms with E-state index in [-0.39, 0.29) is 5.78 Å². The summed E-state index contributed by atoms with van der Waals surface area (Å²) in [6.07, 6.45) is 16.3. The summed E-state index contributed by atoms with van der Waals surface area (Å²) in [5.41, 5.74) is 1.62. The summed E-state index contributed by atoms with van der Waals surface area (Å²) in [7, 11) is 0. The topological polar surface area (TPSA) is 51.5 Å². The van der Waals surface area contributed by atoms with E-state index in [4.69, 9.17) is 4.74 Å². The molecule has 0 spiro atoms. The highest BCUT2D eigenvalue weighted by molar-refractivity contribution is 6.45. The summed E-state index contributed by atoms with van der Waals surface area (Å²) < 4.78 is 8.35. The molecule has 1 aliphatic carbocycles. The number of nitrogens with zero attached hydrogens (tertiary/aromatic N) is 2. The number of para-hydroxylation sites is 1. The Hall–Kier alpha value is -1.98. The van der Waals surface area contributed by atoms with Gasteiger partial charge in [0.1, 0.15) is 0 Å². The third-order valence-electron chi connectivity index (χ3n) is 8.25. The number of fused-ring (bicyclic) bond motifs is 3. The Bertz CT molecular complexity index is 972. The molecule has 178 valence electrons. The normalized spacial score (nSPS) is 28.0. The lowest BCUT2D eigenvalue weighted by molar-refractivity contribution is -0.113. The summed E-state index contributed by atoms with van der Waals surface area (Å²) in [4.78, 5) is 27.3. The number of rotatable bonds is 4. The maximum Gasteiger partial charge on any atom is 0.230 e. The van der Waals surface area contributed by atoms with Crippen LogP contribution >= 0.6 is 0 Å². The minimum atomic E-state index is -0.394. The van der Waals surface area contributed by atoms with Crippen molar-refractivity contribution >= 4 is 22.5 Å². The average molecular weight is 451 g/mol. The van der Waals surface area contributed by atoms with Crippen LogP contribution in [0, 0.1) is 0 Å². The molecule has 0 radical (unpaired) electrons. The van der Waals surface area contributed by atoms with Gasteiger partial charge < -0.3 is 9.30 Å². The van der Waals surface area contributed by atoms with Gasteiger partial charge in [0.05, 0.1) is 18.8 Å². The molecule has 3 fully saturated rings. The number of carbonyl (C=O) groups is 2. The van der Waals surface area contributed by atoms with Crippen LogP contribution in [0.2, 0.25) is 0 Å². The maximum atomic E-state index is 12.6. The number of ether oxygens (including phenoxy) is 1. The summed E-state index contributed by atoms with van der Waals surface area (Å²) >= 11 is 0. The number of Topliss-reactive ketones (excluding diaryl/α,β-unsaturated/α-hetero) is 2. The number of benzene rings is 1. The van der Waals surface area contributed by atoms with E-state index in [2.05, 4.69) is 15.5 Å². The first-order valence-corrected chi connectivity index (χ1v) is 13.1. The van der Waals surface area contributed by atoms with Gasteiger partial charge in [-0.25, -0.2) is 0 Å². The minimum absolute atomic E-state index is 0.332. The molecule has 33 heavy (non-hydrogen) atoms. The Morgan fingerprint density at radius 2 is 1.42 bits per heavy atom. The highest BCUT2D eigenvalue weighted by Gasteiger charge is 2.43. The molecular formula is C28H38N2O3. The second-order valence-corrected chi connectivity index (χ2v) is 10.5. The molecule has 3 heterocycles. The highest BCUT2D eigenvalue weighted by atomic mass is 16.5. The van der Waals surface area contributed by atoms with E-state index in [0.717, 1.165) is 37.0 Å². The Morgan fingerprint density at radius 3 is 2.06 bits per heavy atom. The smallest absolute Gasteiger partial charge is 0.230 e. The Balaban J connectivity index is 1.40. The van der Waals surface area contributed by atoms with Gasteiger partial charge in [0.15, 0.2) is 5.78 Å². The molecule has 0 N–H and O–H groups in total. The van der Waals surface area contributed by atoms with Crippen molar-refractivity contribution < 1.29 is 14.3 Å². The van der Waals surface area contributed by atoms with Crippen LogP contribution in [0.15, 0.2) is 30.5 Å². The van der Waals surface area contributed by atoms with Crippen molar-refractivity contribution in [2.24, 2.45) is 0 Å². The maximum absolute atomic E-state index is 12.6. The first-order chi connectivity index (χ1) is 16.1. The summed E-state index contributed by atoms with van der Waals surface area (Å²) in [6.45, 7) is 2.98. The molecule has 2 aromatic rings. The van der Waals surface area contributed by atoms with Crippen LogP contribution in [0.3, 0.4) is 0 Å². The van der Waals surface area contributed by atoms with Gasteiger partial charge in [0, 0.05) is 48.2 Å². The molecule has 1 unspecified atom stereocenters. The van der Waals surface area contributed by atoms with Crippen LogP contribution in [0.5, 0.6) is 0 Å². The van der Waals surface area contributed by atoms with Gasteiger partial charge in [0.25, 0.3) is 0 Å². The standard InChI is InChI=1S/C28H38N2O3/c1-20(31)28(32)26-17-29(27-14-10-9-13-25(26)27)22-15-23-18-33-19-24(16-22)30(23)21-11-7-5-3-2-4-6-8-12-21/h9-10,13-14,17,21-24H,2-8,11-12,15-16,18-19H2,1H3/t22?,23-,24+. The van der Waals surface area contributed by atoms with Crippen molar-refractivity contribution in [3.8, 4) is 0 Å². The zero-order chi connectivity index (χ0) is 22.8. The molecule has 5 rings (SSSR count). The predicted molar refractivity (Wildman–Crippen MR) is 131 cm³/mol. The van der Waals surface area contributed by atoms with E-state index < -0.39 is 5.78 Å². The van der Waals surface area contributed by atoms with Gasteiger partial charge >= 0.3 is 0 Å². The number of carbonyl (C=O) groups excluding carboxylic acids is 2. The number of ketones is 2. The zero-order valence-electron chi connectivity index (χ0n) is 20.0. The first kappa shape index (κ1) is 22.8. The van der Waals surface area contributed by atoms with Gasteiger partial charge in [-0.15, -0.1) is 0 Å². The molecular weight excluding hydrogens is 412 g/mol. The number of piperidine rings is 1. The van der Waals surface area contributed by atoms with E-state index >= 15 is 0 Å². The molecule has 2 bridgehead atoms. The monoisotopic (exact) mass is 450 g/mol. The van der Waals surface area contributed by atoms with Crippen LogP contribution in [0.4, 0.5) is 0 Å². The molecule has 2 saturated heterocycles. The average Bonchev–Trinajstić information content (AvgIpc) is 3.21. The number of morpholine rings is 1. The SMILES string of the molecule is CC(=O)C(=O)c1cn(C2C[C@H]3COC[C@@H](C2)N3C2CCCCCCCCC2)c2ccccc12. The number of hydrogen-bond acceptors (Lipinski definition) is 4. The second kappa shape index (κ2) is 10.1. The van der Waals surface area contributed by atoms with Crippen LogP contribution in [-0.2, 0) is 9.53 Å². The molecule has 3 atom stereocenters. The Kier molecular flexibility index (Phi) is 6.98. The van der Waals surface area contributed by atoms with E-state index in [1.54, 1.807) is 0 Å². The van der Waals surface area contributed by atoms with Crippen molar-refractivity contribution in [3.05, 3.63) is 36.0 Å². The Labute approximate surface area is 197 Å². The van der Waals surface area contributed by atoms with Gasteiger partial charge in [-0.1, -0.05) is 63.1 Å². The van der Waals surface area contributed by atoms with E-state index in [1.165, 1.54) is 64.7 Å². The second-order valence-electron chi connectivity index (χ2n) is 10.5. The summed E-state index contributed by atoms with van der Waals surface area (Å²) in [6, 6.07) is 9.92. The van der Waals surface area contributed by atoms with E-state index in [9.17, 15) is 9.59 Å². The first-order valence-electron chi connectivity index (χ1n) is 13.1. The van der Waals surface area contributed by atoms with Gasteiger partial charge in [0.2, 0.25) is 5.78 Å². The number of aromatic nitrogens is 1. The lowest BCUT2D eigenvalue weighted by Crippen LogP contribution is -2.60. The fraction of sp³-hybridized carbons (Fsp3) is 0.643. The highest BCUT2D eigenvalue weighted by Crippen LogP contribution is 2.40. The summed E-state index contributed by atoms with van der Waals surface area (Å²) in [5, 5.41) is 0.897. The van der Waals surface area contributed by atoms with Crippen LogP contribution in [0.25, 0.3) is 10.9 Å². The van der Waals surface area contributed by atoms with Crippen molar-refractivity contribution in [2.45, 2.75) is 102 Å². The van der Waals surface area contributed by atoms with Crippen LogP contribution in [-0.4, -0.2) is 52.4 Å². The van der Waals surface area contributed by atoms with E-state index in [0.29, 0.717) is 29.7 Å². The third-order valence-corrected chi connectivity index (χ3v) is 8.25. The van der Waals surface area contributed by atoms with Crippen molar-refractivity contribution in [2.75, 3.05) is 13.2 Å². The third kappa shape index (κ3) is 4.67. The number of hydrogen-bond donors (Lipinski definition) is 0. The van der Waals surface area contributed by atoms with Crippen LogP contribution < -0.4 is 0 Å². The largest absolute Gasteiger partial charge is 0.378 e. The zero-order valence-corrected chi connectivity index (χ0v) is 20.0. The van der Waals surface area contributed by atoms with Crippen LogP contribution in [0.1, 0.15) is 94.0 Å². The fourth-order valence-corrected chi connectivity index (χ4v) is 6.70. The van der Waals surface area contributed by atoms with Gasteiger partial charge in [-0.2, -0.15) is 0 Å². The molecule has 1 aromatic heterocycles. The summed E-state index contributed by atoms with van der Waals surface area (Å²) in [5.74, 6) is -0.776. The van der Waals surface area contributed by atoms with Crippen molar-refractivity contribution in [3.63, 3.8) is 0 Å². The molecule has 5 nitrogen and oxygen atoms in total. The lowest BCUT2D eigenvalue weighted by Gasteiger charge is -2.52. The van der Waals surface area contributed by atoms with Gasteiger partial charge in [-0.3, -0.25) is 14.5 Å². The lowest BCUT2D eigenvalue weighted by atomic mass is 9.85. The minimum Gasteiger partial charge on any atom is -0.378 e. The van der Waals surface area contributed by atoms with Gasteiger partial charge in [-0.05, 0) is 31.7 Å². The van der Waals surface area contributed by atoms with Crippen molar-refractivity contribution in [1.29, 1.82) is 0 Å². The van der Waals surface area contributed by atoms with E-state index in [1.807, 2.05) is 24.4 Å². The quantitative estimate of drug-likeness (QED) is 0.442. The molecule has 2 aliphatic heterocycles. The molecule has 3 aliphatic rings. The Morgan fingerprint density at radius 1 is 0.818 bits per heavy atom. The molecule has 0 amide bonds. The van der Waals surface area contributed by atoms with Crippen molar-refractivity contribution in [1.82, 2.24) is 9.47 Å². The predicted octanol–water partition coefficient (Wildman–Crippen LogP) is 5.71. The molecule has 5 heteroatoms. The molecule has 1 saturated carbocycles.